The average molecular weight is 417 g/mol. The Bertz CT molecular complexity index is 801. The Hall–Kier alpha value is -2.09. The summed E-state index contributed by atoms with van der Waals surface area (Å²) in [5.74, 6) is -0.531. The van der Waals surface area contributed by atoms with E-state index in [4.69, 9.17) is 0 Å². The molecule has 1 unspecified atom stereocenters. The fourth-order valence-electron chi connectivity index (χ4n) is 2.33. The van der Waals surface area contributed by atoms with Crippen LogP contribution in [0.1, 0.15) is 30.5 Å². The lowest BCUT2D eigenvalue weighted by atomic mass is 10.0. The highest BCUT2D eigenvalue weighted by Crippen LogP contribution is 2.28. The number of pyridine rings is 1. The van der Waals surface area contributed by atoms with Gasteiger partial charge in [-0.05, 0) is 30.2 Å². The zero-order valence-electron chi connectivity index (χ0n) is 13.3. The van der Waals surface area contributed by atoms with Crippen LogP contribution in [0.25, 0.3) is 0 Å². The molecule has 0 aliphatic rings. The van der Waals surface area contributed by atoms with Gasteiger partial charge in [0.2, 0.25) is 5.91 Å². The number of rotatable bonds is 5. The average Bonchev–Trinajstić information content (AvgIpc) is 2.54. The molecule has 0 saturated heterocycles. The molecule has 0 aliphatic carbocycles. The minimum Gasteiger partial charge on any atom is -0.348 e. The number of aromatic nitrogens is 1. The van der Waals surface area contributed by atoms with E-state index < -0.39 is 29.8 Å². The van der Waals surface area contributed by atoms with E-state index in [1.165, 1.54) is 0 Å². The summed E-state index contributed by atoms with van der Waals surface area (Å²) in [7, 11) is 0. The van der Waals surface area contributed by atoms with Crippen molar-refractivity contribution in [3.63, 3.8) is 0 Å². The molecule has 1 amide bonds. The second kappa shape index (κ2) is 7.86. The van der Waals surface area contributed by atoms with Gasteiger partial charge in [0.1, 0.15) is 6.54 Å². The molecule has 25 heavy (non-hydrogen) atoms. The van der Waals surface area contributed by atoms with E-state index in [9.17, 15) is 22.8 Å². The molecule has 0 aliphatic heterocycles. The van der Waals surface area contributed by atoms with Crippen LogP contribution < -0.4 is 10.9 Å². The molecule has 0 fully saturated rings. The van der Waals surface area contributed by atoms with Gasteiger partial charge in [0, 0.05) is 16.7 Å². The van der Waals surface area contributed by atoms with Crippen LogP contribution >= 0.6 is 15.9 Å². The first-order valence-electron chi connectivity index (χ1n) is 7.53. The number of carbonyl (C=O) groups excluding carboxylic acids is 1. The van der Waals surface area contributed by atoms with Gasteiger partial charge >= 0.3 is 6.18 Å². The Kier molecular flexibility index (Phi) is 6.05. The zero-order chi connectivity index (χ0) is 18.6. The maximum absolute atomic E-state index is 12.7. The summed E-state index contributed by atoms with van der Waals surface area (Å²) in [6.07, 6.45) is -3.32. The molecule has 0 saturated carbocycles. The van der Waals surface area contributed by atoms with E-state index in [1.54, 1.807) is 0 Å². The molecule has 2 rings (SSSR count). The van der Waals surface area contributed by atoms with Crippen molar-refractivity contribution in [2.45, 2.75) is 32.1 Å². The minimum absolute atomic E-state index is 0.290. The molecule has 1 atom stereocenters. The molecule has 4 nitrogen and oxygen atoms in total. The molecule has 0 bridgehead atoms. The molecule has 0 spiro atoms. The van der Waals surface area contributed by atoms with Crippen molar-refractivity contribution >= 4 is 21.8 Å². The van der Waals surface area contributed by atoms with E-state index in [-0.39, 0.29) is 6.04 Å². The van der Waals surface area contributed by atoms with Crippen molar-refractivity contribution in [1.29, 1.82) is 0 Å². The van der Waals surface area contributed by atoms with Gasteiger partial charge < -0.3 is 9.88 Å². The molecule has 1 N–H and O–H groups in total. The van der Waals surface area contributed by atoms with Crippen molar-refractivity contribution in [3.05, 3.63) is 68.5 Å². The fraction of sp³-hybridized carbons (Fsp3) is 0.294. The summed E-state index contributed by atoms with van der Waals surface area (Å²) in [5, 5.41) is 2.74. The maximum Gasteiger partial charge on any atom is 0.417 e. The minimum atomic E-state index is -4.57. The Morgan fingerprint density at radius 1 is 1.20 bits per heavy atom. The second-order valence-corrected chi connectivity index (χ2v) is 6.38. The second-order valence-electron chi connectivity index (χ2n) is 5.46. The molecule has 134 valence electrons. The smallest absolute Gasteiger partial charge is 0.348 e. The molecule has 8 heteroatoms. The predicted octanol–water partition coefficient (Wildman–Crippen LogP) is 3.90. The number of halogens is 4. The fourth-order valence-corrected chi connectivity index (χ4v) is 2.60. The van der Waals surface area contributed by atoms with Gasteiger partial charge in [-0.25, -0.2) is 0 Å². The van der Waals surface area contributed by atoms with Gasteiger partial charge in [-0.3, -0.25) is 9.59 Å². The standard InChI is InChI=1S/C17H16BrF3N2O2/c1-2-14(11-3-6-13(18)7-4-11)22-15(24)10-23-9-12(17(19,20)21)5-8-16(23)25/h3-9,14H,2,10H2,1H3,(H,22,24). The normalized spacial score (nSPS) is 12.7. The third-order valence-electron chi connectivity index (χ3n) is 3.64. The first kappa shape index (κ1) is 19.2. The summed E-state index contributed by atoms with van der Waals surface area (Å²) in [6.45, 7) is 1.40. The van der Waals surface area contributed by atoms with Crippen LogP contribution in [0.5, 0.6) is 0 Å². The molecule has 0 radical (unpaired) electrons. The number of nitrogens with zero attached hydrogens (tertiary/aromatic N) is 1. The maximum atomic E-state index is 12.7. The van der Waals surface area contributed by atoms with Crippen molar-refractivity contribution < 1.29 is 18.0 Å². The number of carbonyl (C=O) groups is 1. The van der Waals surface area contributed by atoms with Crippen molar-refractivity contribution in [1.82, 2.24) is 9.88 Å². The number of amides is 1. The lowest BCUT2D eigenvalue weighted by molar-refractivity contribution is -0.138. The summed E-state index contributed by atoms with van der Waals surface area (Å²) >= 11 is 3.32. The van der Waals surface area contributed by atoms with Crippen LogP contribution in [0.2, 0.25) is 0 Å². The predicted molar refractivity (Wildman–Crippen MR) is 91.0 cm³/mol. The number of hydrogen-bond donors (Lipinski definition) is 1. The highest BCUT2D eigenvalue weighted by Gasteiger charge is 2.31. The molecule has 2 aromatic rings. The molecular weight excluding hydrogens is 401 g/mol. The summed E-state index contributed by atoms with van der Waals surface area (Å²) in [6, 6.07) is 8.57. The van der Waals surface area contributed by atoms with Gasteiger partial charge in [-0.2, -0.15) is 13.2 Å². The summed E-state index contributed by atoms with van der Waals surface area (Å²) in [5.41, 5.74) is -0.768. The lowest BCUT2D eigenvalue weighted by Crippen LogP contribution is -2.34. The number of benzene rings is 1. The largest absolute Gasteiger partial charge is 0.417 e. The van der Waals surface area contributed by atoms with E-state index in [1.807, 2.05) is 31.2 Å². The van der Waals surface area contributed by atoms with Gasteiger partial charge in [0.05, 0.1) is 11.6 Å². The van der Waals surface area contributed by atoms with E-state index in [0.29, 0.717) is 18.7 Å². The summed E-state index contributed by atoms with van der Waals surface area (Å²) < 4.78 is 39.9. The van der Waals surface area contributed by atoms with Crippen molar-refractivity contribution in [3.8, 4) is 0 Å². The number of hydrogen-bond acceptors (Lipinski definition) is 2. The van der Waals surface area contributed by atoms with Crippen LogP contribution in [-0.2, 0) is 17.5 Å². The van der Waals surface area contributed by atoms with Crippen LogP contribution in [0.15, 0.2) is 51.9 Å². The highest BCUT2D eigenvalue weighted by molar-refractivity contribution is 9.10. The third kappa shape index (κ3) is 5.19. The quantitative estimate of drug-likeness (QED) is 0.803. The van der Waals surface area contributed by atoms with Crippen LogP contribution in [0, 0.1) is 0 Å². The Labute approximate surface area is 150 Å². The van der Waals surface area contributed by atoms with Gasteiger partial charge in [-0.1, -0.05) is 35.0 Å². The van der Waals surface area contributed by atoms with Crippen LogP contribution in [-0.4, -0.2) is 10.5 Å². The number of nitrogens with one attached hydrogen (secondary N) is 1. The van der Waals surface area contributed by atoms with Crippen LogP contribution in [0.4, 0.5) is 13.2 Å². The van der Waals surface area contributed by atoms with Crippen LogP contribution in [0.3, 0.4) is 0 Å². The molecular formula is C17H16BrF3N2O2. The summed E-state index contributed by atoms with van der Waals surface area (Å²) in [4.78, 5) is 23.9. The first-order valence-corrected chi connectivity index (χ1v) is 8.32. The first-order chi connectivity index (χ1) is 11.7. The zero-order valence-corrected chi connectivity index (χ0v) is 14.9. The lowest BCUT2D eigenvalue weighted by Gasteiger charge is -2.18. The highest BCUT2D eigenvalue weighted by atomic mass is 79.9. The van der Waals surface area contributed by atoms with E-state index in [0.717, 1.165) is 20.7 Å². The third-order valence-corrected chi connectivity index (χ3v) is 4.17. The van der Waals surface area contributed by atoms with Gasteiger partial charge in [0.15, 0.2) is 0 Å². The number of alkyl halides is 3. The Balaban J connectivity index is 2.13. The van der Waals surface area contributed by atoms with E-state index >= 15 is 0 Å². The Morgan fingerprint density at radius 3 is 2.40 bits per heavy atom. The Morgan fingerprint density at radius 2 is 1.84 bits per heavy atom. The molecule has 1 heterocycles. The van der Waals surface area contributed by atoms with Gasteiger partial charge in [-0.15, -0.1) is 0 Å². The van der Waals surface area contributed by atoms with Gasteiger partial charge in [0.25, 0.3) is 5.56 Å². The topological polar surface area (TPSA) is 51.1 Å². The SMILES string of the molecule is CCC(NC(=O)Cn1cc(C(F)(F)F)ccc1=O)c1ccc(Br)cc1. The monoisotopic (exact) mass is 416 g/mol. The van der Waals surface area contributed by atoms with E-state index in [2.05, 4.69) is 21.2 Å². The van der Waals surface area contributed by atoms with Crippen molar-refractivity contribution in [2.24, 2.45) is 0 Å². The molecule has 1 aromatic carbocycles. The van der Waals surface area contributed by atoms with Crippen molar-refractivity contribution in [2.75, 3.05) is 0 Å². The molecule has 1 aromatic heterocycles.